The molecule has 10 heavy (non-hydrogen) atoms. The van der Waals surface area contributed by atoms with Crippen LogP contribution < -0.4 is 0 Å². The van der Waals surface area contributed by atoms with Gasteiger partial charge in [0.2, 0.25) is 0 Å². The van der Waals surface area contributed by atoms with Gasteiger partial charge in [0.25, 0.3) is 0 Å². The van der Waals surface area contributed by atoms with Gasteiger partial charge in [-0.15, -0.1) is 0 Å². The lowest BCUT2D eigenvalue weighted by Crippen LogP contribution is -2.58. The van der Waals surface area contributed by atoms with Crippen molar-refractivity contribution in [3.63, 3.8) is 0 Å². The lowest BCUT2D eigenvalue weighted by Gasteiger charge is -2.39. The van der Waals surface area contributed by atoms with Crippen molar-refractivity contribution in [1.29, 1.82) is 0 Å². The molecule has 1 aliphatic heterocycles. The van der Waals surface area contributed by atoms with Crippen molar-refractivity contribution in [3.05, 3.63) is 0 Å². The molecule has 1 heterocycles. The van der Waals surface area contributed by atoms with E-state index in [2.05, 4.69) is 0 Å². The molecule has 58 valence electrons. The molecule has 4 heteroatoms. The number of carbonyl (C=O) groups is 1. The van der Waals surface area contributed by atoms with E-state index in [1.807, 2.05) is 0 Å². The molecule has 0 aromatic rings. The first-order valence-electron chi connectivity index (χ1n) is 3.15. The summed E-state index contributed by atoms with van der Waals surface area (Å²) in [4.78, 5) is 10.5. The Hall–Kier alpha value is -0.610. The third-order valence-corrected chi connectivity index (χ3v) is 1.87. The summed E-state index contributed by atoms with van der Waals surface area (Å²) >= 11 is 0. The molecular formula is C6H10O4. The summed E-state index contributed by atoms with van der Waals surface area (Å²) in [6.45, 7) is 1.85. The molecule has 4 nitrogen and oxygen atoms in total. The van der Waals surface area contributed by atoms with E-state index in [4.69, 9.17) is 14.9 Å². The minimum absolute atomic E-state index is 0.403. The second-order valence-electron chi connectivity index (χ2n) is 2.47. The minimum atomic E-state index is -1.31. The van der Waals surface area contributed by atoms with Crippen molar-refractivity contribution in [2.24, 2.45) is 0 Å². The Bertz CT molecular complexity index is 148. The number of hydrogen-bond acceptors (Lipinski definition) is 3. The molecule has 1 fully saturated rings. The molecule has 0 bridgehead atoms. The van der Waals surface area contributed by atoms with Crippen LogP contribution in [-0.2, 0) is 9.53 Å². The van der Waals surface area contributed by atoms with Gasteiger partial charge in [0.15, 0.2) is 5.60 Å². The van der Waals surface area contributed by atoms with E-state index in [9.17, 15) is 4.79 Å². The summed E-state index contributed by atoms with van der Waals surface area (Å²) in [5.74, 6) is -1.08. The van der Waals surface area contributed by atoms with Gasteiger partial charge in [0.1, 0.15) is 0 Å². The summed E-state index contributed by atoms with van der Waals surface area (Å²) in [5.41, 5.74) is -1.31. The fraction of sp³-hybridized carbons (Fsp3) is 0.833. The van der Waals surface area contributed by atoms with Crippen molar-refractivity contribution < 1.29 is 19.7 Å². The Morgan fingerprint density at radius 3 is 2.30 bits per heavy atom. The highest BCUT2D eigenvalue weighted by molar-refractivity contribution is 5.79. The maximum Gasteiger partial charge on any atom is 0.338 e. The van der Waals surface area contributed by atoms with E-state index in [1.54, 1.807) is 0 Å². The highest BCUT2D eigenvalue weighted by atomic mass is 16.6. The average Bonchev–Trinajstić information content (AvgIpc) is 1.57. The number of ether oxygens (including phenoxy) is 1. The van der Waals surface area contributed by atoms with Crippen LogP contribution in [0.25, 0.3) is 0 Å². The fourth-order valence-electron chi connectivity index (χ4n) is 0.999. The van der Waals surface area contributed by atoms with Gasteiger partial charge in [-0.25, -0.2) is 4.79 Å². The third kappa shape index (κ3) is 0.803. The van der Waals surface area contributed by atoms with Crippen molar-refractivity contribution in [2.75, 3.05) is 6.61 Å². The van der Waals surface area contributed by atoms with Crippen LogP contribution in [0, 0.1) is 0 Å². The Morgan fingerprint density at radius 1 is 1.80 bits per heavy atom. The van der Waals surface area contributed by atoms with Gasteiger partial charge in [0, 0.05) is 6.42 Å². The summed E-state index contributed by atoms with van der Waals surface area (Å²) < 4.78 is 4.79. The second-order valence-corrected chi connectivity index (χ2v) is 2.47. The summed E-state index contributed by atoms with van der Waals surface area (Å²) in [6, 6.07) is 0. The Kier molecular flexibility index (Phi) is 1.66. The molecule has 2 atom stereocenters. The van der Waals surface area contributed by atoms with Crippen LogP contribution in [0.15, 0.2) is 0 Å². The van der Waals surface area contributed by atoms with Crippen LogP contribution in [0.3, 0.4) is 0 Å². The zero-order valence-electron chi connectivity index (χ0n) is 5.70. The van der Waals surface area contributed by atoms with Crippen LogP contribution in [0.4, 0.5) is 0 Å². The summed E-state index contributed by atoms with van der Waals surface area (Å²) in [7, 11) is 0. The molecule has 0 aromatic carbocycles. The van der Waals surface area contributed by atoms with Gasteiger partial charge in [-0.1, -0.05) is 0 Å². The standard InChI is InChI=1S/C6H10O4/c1-4(7)6(5(8)9)2-3-10-6/h4,7H,2-3H2,1H3,(H,8,9). The molecule has 0 amide bonds. The first-order chi connectivity index (χ1) is 4.59. The van der Waals surface area contributed by atoms with Gasteiger partial charge in [-0.05, 0) is 6.92 Å². The molecule has 0 spiro atoms. The number of aliphatic hydroxyl groups is 1. The number of aliphatic carboxylic acids is 1. The topological polar surface area (TPSA) is 66.8 Å². The molecule has 2 unspecified atom stereocenters. The normalized spacial score (nSPS) is 34.6. The van der Waals surface area contributed by atoms with E-state index in [1.165, 1.54) is 6.92 Å². The zero-order chi connectivity index (χ0) is 7.78. The second kappa shape index (κ2) is 2.21. The SMILES string of the molecule is CC(O)C1(C(=O)O)CCO1. The van der Waals surface area contributed by atoms with Crippen molar-refractivity contribution in [1.82, 2.24) is 0 Å². The van der Waals surface area contributed by atoms with Gasteiger partial charge in [-0.3, -0.25) is 0 Å². The zero-order valence-corrected chi connectivity index (χ0v) is 5.70. The minimum Gasteiger partial charge on any atom is -0.479 e. The molecular weight excluding hydrogens is 136 g/mol. The Morgan fingerprint density at radius 2 is 2.30 bits per heavy atom. The maximum atomic E-state index is 10.5. The van der Waals surface area contributed by atoms with Gasteiger partial charge < -0.3 is 14.9 Å². The lowest BCUT2D eigenvalue weighted by atomic mass is 9.89. The molecule has 1 aliphatic rings. The molecule has 0 aromatic heterocycles. The molecule has 0 radical (unpaired) electrons. The molecule has 0 saturated carbocycles. The highest BCUT2D eigenvalue weighted by Crippen LogP contribution is 2.30. The number of hydrogen-bond donors (Lipinski definition) is 2. The summed E-state index contributed by atoms with van der Waals surface area (Å²) in [5, 5.41) is 17.6. The Labute approximate surface area is 58.4 Å². The van der Waals surface area contributed by atoms with E-state index < -0.39 is 17.7 Å². The largest absolute Gasteiger partial charge is 0.479 e. The van der Waals surface area contributed by atoms with Crippen molar-refractivity contribution in [3.8, 4) is 0 Å². The first-order valence-corrected chi connectivity index (χ1v) is 3.15. The van der Waals surface area contributed by atoms with Gasteiger partial charge in [-0.2, -0.15) is 0 Å². The highest BCUT2D eigenvalue weighted by Gasteiger charge is 2.50. The van der Waals surface area contributed by atoms with Gasteiger partial charge in [0.05, 0.1) is 12.7 Å². The van der Waals surface area contributed by atoms with Crippen LogP contribution in [0.2, 0.25) is 0 Å². The van der Waals surface area contributed by atoms with E-state index in [0.29, 0.717) is 13.0 Å². The van der Waals surface area contributed by atoms with E-state index >= 15 is 0 Å². The molecule has 1 rings (SSSR count). The van der Waals surface area contributed by atoms with Crippen molar-refractivity contribution >= 4 is 5.97 Å². The smallest absolute Gasteiger partial charge is 0.338 e. The predicted octanol–water partition coefficient (Wildman–Crippen LogP) is -0.389. The number of carboxylic acid groups (broad SMARTS) is 1. The quantitative estimate of drug-likeness (QED) is 0.556. The maximum absolute atomic E-state index is 10.5. The third-order valence-electron chi connectivity index (χ3n) is 1.87. The van der Waals surface area contributed by atoms with Crippen LogP contribution in [0.5, 0.6) is 0 Å². The van der Waals surface area contributed by atoms with Gasteiger partial charge >= 0.3 is 5.97 Å². The molecule has 1 saturated heterocycles. The van der Waals surface area contributed by atoms with Crippen LogP contribution in [0.1, 0.15) is 13.3 Å². The predicted molar refractivity (Wildman–Crippen MR) is 32.6 cm³/mol. The summed E-state index contributed by atoms with van der Waals surface area (Å²) in [6.07, 6.45) is -0.529. The lowest BCUT2D eigenvalue weighted by molar-refractivity contribution is -0.219. The van der Waals surface area contributed by atoms with E-state index in [-0.39, 0.29) is 0 Å². The van der Waals surface area contributed by atoms with Crippen molar-refractivity contribution in [2.45, 2.75) is 25.0 Å². The average molecular weight is 146 g/mol. The van der Waals surface area contributed by atoms with Crippen LogP contribution >= 0.6 is 0 Å². The van der Waals surface area contributed by atoms with Crippen LogP contribution in [-0.4, -0.2) is 34.5 Å². The number of rotatable bonds is 2. The first kappa shape index (κ1) is 7.50. The number of aliphatic hydroxyl groups excluding tert-OH is 1. The fourth-order valence-corrected chi connectivity index (χ4v) is 0.999. The number of carboxylic acids is 1. The molecule has 0 aliphatic carbocycles. The monoisotopic (exact) mass is 146 g/mol. The molecule has 2 N–H and O–H groups in total. The van der Waals surface area contributed by atoms with E-state index in [0.717, 1.165) is 0 Å². The Balaban J connectivity index is 2.68.